The van der Waals surface area contributed by atoms with Gasteiger partial charge in [0.15, 0.2) is 0 Å². The lowest BCUT2D eigenvalue weighted by Gasteiger charge is -2.27. The van der Waals surface area contributed by atoms with Gasteiger partial charge in [-0.05, 0) is 89.5 Å². The van der Waals surface area contributed by atoms with E-state index in [0.717, 1.165) is 72.2 Å². The summed E-state index contributed by atoms with van der Waals surface area (Å²) in [6, 6.07) is 73.3. The first kappa shape index (κ1) is 32.4. The van der Waals surface area contributed by atoms with Crippen LogP contribution in [0.2, 0.25) is 0 Å². The highest BCUT2D eigenvalue weighted by molar-refractivity contribution is 6.14. The van der Waals surface area contributed by atoms with Crippen LogP contribution in [0.1, 0.15) is 0 Å². The summed E-state index contributed by atoms with van der Waals surface area (Å²) < 4.78 is 15.1. The van der Waals surface area contributed by atoms with Gasteiger partial charge in [0.25, 0.3) is 0 Å². The summed E-state index contributed by atoms with van der Waals surface area (Å²) in [5.74, 6) is 0. The van der Waals surface area contributed by atoms with Crippen molar-refractivity contribution < 1.29 is 8.83 Å². The predicted octanol–water partition coefficient (Wildman–Crippen LogP) is 15.4. The number of rotatable bonds is 6. The minimum atomic E-state index is 0.850. The summed E-state index contributed by atoms with van der Waals surface area (Å²) in [6.07, 6.45) is 0. The molecule has 9 aromatic carbocycles. The molecule has 0 aliphatic carbocycles. The highest BCUT2D eigenvalue weighted by Gasteiger charge is 2.23. The molecule has 0 saturated carbocycles. The number of hydrogen-bond donors (Lipinski definition) is 0. The van der Waals surface area contributed by atoms with Gasteiger partial charge in [0.2, 0.25) is 0 Å². The van der Waals surface area contributed by atoms with Gasteiger partial charge in [-0.2, -0.15) is 0 Å². The molecule has 272 valence electrons. The van der Waals surface area contributed by atoms with Crippen LogP contribution >= 0.6 is 0 Å². The Morgan fingerprint density at radius 3 is 1.69 bits per heavy atom. The van der Waals surface area contributed by atoms with Crippen molar-refractivity contribution in [2.75, 3.05) is 4.90 Å². The molecule has 0 radical (unpaired) electrons. The van der Waals surface area contributed by atoms with E-state index in [-0.39, 0.29) is 0 Å². The Hall–Kier alpha value is -7.82. The number of para-hydroxylation sites is 4. The molecule has 0 saturated heterocycles. The summed E-state index contributed by atoms with van der Waals surface area (Å²) in [7, 11) is 0. The Bertz CT molecular complexity index is 3460. The second-order valence-corrected chi connectivity index (χ2v) is 14.8. The number of benzene rings is 9. The monoisotopic (exact) mass is 742 g/mol. The molecule has 0 fully saturated rings. The maximum Gasteiger partial charge on any atom is 0.137 e. The summed E-state index contributed by atoms with van der Waals surface area (Å²) in [5.41, 5.74) is 14.7. The van der Waals surface area contributed by atoms with Crippen LogP contribution in [-0.4, -0.2) is 4.57 Å². The van der Waals surface area contributed by atoms with E-state index in [4.69, 9.17) is 8.83 Å². The quantitative estimate of drug-likeness (QED) is 0.170. The third-order valence-corrected chi connectivity index (χ3v) is 11.6. The number of anilines is 3. The van der Waals surface area contributed by atoms with Gasteiger partial charge in [0.05, 0.1) is 27.8 Å². The van der Waals surface area contributed by atoms with Crippen LogP contribution in [-0.2, 0) is 0 Å². The smallest absolute Gasteiger partial charge is 0.137 e. The number of furan rings is 2. The van der Waals surface area contributed by atoms with Crippen molar-refractivity contribution in [1.29, 1.82) is 0 Å². The van der Waals surface area contributed by atoms with Crippen LogP contribution in [0, 0.1) is 0 Å². The molecule has 3 heterocycles. The highest BCUT2D eigenvalue weighted by Crippen LogP contribution is 2.46. The predicted molar refractivity (Wildman–Crippen MR) is 241 cm³/mol. The Morgan fingerprint density at radius 1 is 0.362 bits per heavy atom. The van der Waals surface area contributed by atoms with E-state index in [9.17, 15) is 0 Å². The lowest BCUT2D eigenvalue weighted by Crippen LogP contribution is -2.10. The number of aromatic nitrogens is 1. The van der Waals surface area contributed by atoms with E-state index >= 15 is 0 Å². The molecule has 0 unspecified atom stereocenters. The lowest BCUT2D eigenvalue weighted by atomic mass is 9.92. The Kier molecular flexibility index (Phi) is 7.20. The fourth-order valence-electron chi connectivity index (χ4n) is 9.07. The molecular formula is C54H34N2O2. The molecule has 0 bridgehead atoms. The van der Waals surface area contributed by atoms with Gasteiger partial charge in [-0.15, -0.1) is 0 Å². The minimum absolute atomic E-state index is 0.850. The maximum absolute atomic E-state index is 6.43. The first-order valence-electron chi connectivity index (χ1n) is 19.7. The molecule has 4 heteroatoms. The standard InChI is InChI=1S/C54H34N2O2/c1-2-14-35(15-3-1)39-20-12-23-47(56-45-21-8-4-16-40(45)41-17-5-9-22-46(41)56)53(39)36-28-30-37(31-29-36)55(38-32-33-51-44(34-38)42-18-6-10-25-49(42)57-51)48-24-13-27-52-54(48)43-19-7-11-26-50(43)58-52/h1-34H. The fraction of sp³-hybridized carbons (Fsp3) is 0. The second-order valence-electron chi connectivity index (χ2n) is 14.8. The summed E-state index contributed by atoms with van der Waals surface area (Å²) >= 11 is 0. The normalized spacial score (nSPS) is 11.8. The molecule has 0 amide bonds. The average molecular weight is 743 g/mol. The molecule has 0 spiro atoms. The minimum Gasteiger partial charge on any atom is -0.456 e. The second kappa shape index (κ2) is 12.9. The van der Waals surface area contributed by atoms with Crippen LogP contribution < -0.4 is 4.90 Å². The molecular weight excluding hydrogens is 709 g/mol. The molecule has 0 aliphatic heterocycles. The van der Waals surface area contributed by atoms with E-state index in [0.29, 0.717) is 0 Å². The zero-order chi connectivity index (χ0) is 38.2. The highest BCUT2D eigenvalue weighted by atomic mass is 16.3. The van der Waals surface area contributed by atoms with E-state index in [1.807, 2.05) is 24.3 Å². The van der Waals surface area contributed by atoms with E-state index in [1.54, 1.807) is 0 Å². The SMILES string of the molecule is c1ccc(-c2cccc(-n3c4ccccc4c4ccccc43)c2-c2ccc(N(c3ccc4oc5ccccc5c4c3)c3cccc4oc5ccccc5c34)cc2)cc1. The number of fused-ring (bicyclic) bond motifs is 9. The van der Waals surface area contributed by atoms with Gasteiger partial charge in [-0.3, -0.25) is 0 Å². The van der Waals surface area contributed by atoms with Crippen LogP contribution in [0.3, 0.4) is 0 Å². The molecule has 0 aliphatic rings. The topological polar surface area (TPSA) is 34.5 Å². The molecule has 0 N–H and O–H groups in total. The first-order chi connectivity index (χ1) is 28.8. The molecule has 58 heavy (non-hydrogen) atoms. The number of nitrogens with zero attached hydrogens (tertiary/aromatic N) is 2. The van der Waals surface area contributed by atoms with Crippen molar-refractivity contribution in [2.24, 2.45) is 0 Å². The molecule has 3 aromatic heterocycles. The third-order valence-electron chi connectivity index (χ3n) is 11.6. The van der Waals surface area contributed by atoms with E-state index in [1.165, 1.54) is 38.5 Å². The zero-order valence-electron chi connectivity index (χ0n) is 31.3. The maximum atomic E-state index is 6.43. The van der Waals surface area contributed by atoms with Crippen LogP contribution in [0.15, 0.2) is 215 Å². The molecule has 12 aromatic rings. The van der Waals surface area contributed by atoms with Gasteiger partial charge >= 0.3 is 0 Å². The largest absolute Gasteiger partial charge is 0.456 e. The summed E-state index contributed by atoms with van der Waals surface area (Å²) in [6.45, 7) is 0. The van der Waals surface area contributed by atoms with Crippen LogP contribution in [0.4, 0.5) is 17.1 Å². The van der Waals surface area contributed by atoms with Crippen molar-refractivity contribution >= 4 is 82.7 Å². The van der Waals surface area contributed by atoms with Gasteiger partial charge in [-0.1, -0.05) is 133 Å². The van der Waals surface area contributed by atoms with E-state index < -0.39 is 0 Å². The molecule has 4 nitrogen and oxygen atoms in total. The van der Waals surface area contributed by atoms with Crippen molar-refractivity contribution in [3.8, 4) is 27.9 Å². The van der Waals surface area contributed by atoms with Gasteiger partial charge < -0.3 is 18.3 Å². The average Bonchev–Trinajstić information content (AvgIpc) is 3.97. The van der Waals surface area contributed by atoms with Crippen molar-refractivity contribution in [3.63, 3.8) is 0 Å². The van der Waals surface area contributed by atoms with Gasteiger partial charge in [0.1, 0.15) is 22.3 Å². The Balaban J connectivity index is 1.10. The van der Waals surface area contributed by atoms with Crippen LogP contribution in [0.25, 0.3) is 93.6 Å². The zero-order valence-corrected chi connectivity index (χ0v) is 31.3. The van der Waals surface area contributed by atoms with Crippen molar-refractivity contribution in [1.82, 2.24) is 4.57 Å². The van der Waals surface area contributed by atoms with Gasteiger partial charge in [-0.25, -0.2) is 0 Å². The summed E-state index contributed by atoms with van der Waals surface area (Å²) in [5, 5.41) is 6.80. The molecule has 12 rings (SSSR count). The fourth-order valence-corrected chi connectivity index (χ4v) is 9.07. The Labute approximate surface area is 334 Å². The summed E-state index contributed by atoms with van der Waals surface area (Å²) in [4.78, 5) is 2.35. The first-order valence-corrected chi connectivity index (χ1v) is 19.7. The third kappa shape index (κ3) is 4.95. The van der Waals surface area contributed by atoms with Gasteiger partial charge in [0, 0.05) is 43.9 Å². The van der Waals surface area contributed by atoms with E-state index in [2.05, 4.69) is 191 Å². The lowest BCUT2D eigenvalue weighted by molar-refractivity contribution is 0.668. The molecule has 0 atom stereocenters. The number of hydrogen-bond acceptors (Lipinski definition) is 3. The Morgan fingerprint density at radius 2 is 0.931 bits per heavy atom. The van der Waals surface area contributed by atoms with Crippen LogP contribution in [0.5, 0.6) is 0 Å². The van der Waals surface area contributed by atoms with Crippen molar-refractivity contribution in [3.05, 3.63) is 206 Å². The van der Waals surface area contributed by atoms with Crippen molar-refractivity contribution in [2.45, 2.75) is 0 Å².